The minimum absolute atomic E-state index is 0.263. The standard InChI is InChI=1S/C28H32FN7O5/c1-38-22-16-21(17-23(39-2)24(22)40-3)30-26-32-25(33-27(34-26)35-12-14-41-15-13-35)18-8-10-36(11-9-18)28(37)31-20-6-4-19(29)5-7-20/h4-8,16-17H,9-15H2,1-3H3,(H,31,37)(H,30,32,33,34). The zero-order valence-corrected chi connectivity index (χ0v) is 23.1. The summed E-state index contributed by atoms with van der Waals surface area (Å²) in [4.78, 5) is 30.7. The summed E-state index contributed by atoms with van der Waals surface area (Å²) in [6.45, 7) is 3.31. The quantitative estimate of drug-likeness (QED) is 0.415. The van der Waals surface area contributed by atoms with Gasteiger partial charge in [0.05, 0.1) is 34.5 Å². The average molecular weight is 566 g/mol. The summed E-state index contributed by atoms with van der Waals surface area (Å²) in [5, 5.41) is 6.06. The number of benzene rings is 2. The molecule has 0 saturated carbocycles. The van der Waals surface area contributed by atoms with Crippen LogP contribution >= 0.6 is 0 Å². The lowest BCUT2D eigenvalue weighted by Crippen LogP contribution is -2.38. The zero-order chi connectivity index (χ0) is 28.8. The van der Waals surface area contributed by atoms with E-state index < -0.39 is 0 Å². The van der Waals surface area contributed by atoms with Crippen molar-refractivity contribution in [1.29, 1.82) is 0 Å². The first-order valence-corrected chi connectivity index (χ1v) is 13.1. The van der Waals surface area contributed by atoms with E-state index in [0.29, 0.717) is 92.2 Å². The second-order valence-electron chi connectivity index (χ2n) is 9.28. The van der Waals surface area contributed by atoms with Crippen LogP contribution in [0, 0.1) is 5.82 Å². The van der Waals surface area contributed by atoms with Crippen LogP contribution in [0.1, 0.15) is 12.2 Å². The highest BCUT2D eigenvalue weighted by molar-refractivity contribution is 5.90. The maximum absolute atomic E-state index is 13.2. The highest BCUT2D eigenvalue weighted by Crippen LogP contribution is 2.40. The van der Waals surface area contributed by atoms with E-state index in [2.05, 4.69) is 15.5 Å². The molecule has 2 aliphatic rings. The summed E-state index contributed by atoms with van der Waals surface area (Å²) in [7, 11) is 4.65. The number of hydrogen-bond donors (Lipinski definition) is 2. The molecule has 12 nitrogen and oxygen atoms in total. The summed E-state index contributed by atoms with van der Waals surface area (Å²) in [6, 6.07) is 8.95. The third-order valence-electron chi connectivity index (χ3n) is 6.72. The first-order valence-electron chi connectivity index (χ1n) is 13.1. The molecule has 1 saturated heterocycles. The summed E-state index contributed by atoms with van der Waals surface area (Å²) in [5.41, 5.74) is 2.08. The fraction of sp³-hybridized carbons (Fsp3) is 0.357. The van der Waals surface area contributed by atoms with Gasteiger partial charge in [-0.2, -0.15) is 15.0 Å². The van der Waals surface area contributed by atoms with Crippen molar-refractivity contribution in [2.24, 2.45) is 0 Å². The first-order chi connectivity index (χ1) is 20.0. The number of aromatic nitrogens is 3. The highest BCUT2D eigenvalue weighted by Gasteiger charge is 2.23. The number of methoxy groups -OCH3 is 3. The number of morpholine rings is 1. The second-order valence-corrected chi connectivity index (χ2v) is 9.28. The van der Waals surface area contributed by atoms with Crippen LogP contribution in [-0.2, 0) is 4.74 Å². The summed E-state index contributed by atoms with van der Waals surface area (Å²) < 4.78 is 35.1. The van der Waals surface area contributed by atoms with Gasteiger partial charge in [0, 0.05) is 49.7 Å². The number of carbonyl (C=O) groups is 1. The molecule has 2 aliphatic heterocycles. The number of nitrogens with zero attached hydrogens (tertiary/aromatic N) is 5. The van der Waals surface area contributed by atoms with E-state index in [4.69, 9.17) is 33.9 Å². The number of nitrogens with one attached hydrogen (secondary N) is 2. The van der Waals surface area contributed by atoms with Crippen molar-refractivity contribution in [3.63, 3.8) is 0 Å². The van der Waals surface area contributed by atoms with E-state index >= 15 is 0 Å². The van der Waals surface area contributed by atoms with Crippen LogP contribution in [0.25, 0.3) is 5.57 Å². The summed E-state index contributed by atoms with van der Waals surface area (Å²) >= 11 is 0. The van der Waals surface area contributed by atoms with E-state index in [1.807, 2.05) is 6.08 Å². The van der Waals surface area contributed by atoms with Gasteiger partial charge in [0.15, 0.2) is 17.3 Å². The number of rotatable bonds is 8. The smallest absolute Gasteiger partial charge is 0.322 e. The molecular formula is C28H32FN7O5. The van der Waals surface area contributed by atoms with Crippen molar-refractivity contribution >= 4 is 34.9 Å². The molecule has 0 bridgehead atoms. The Labute approximate surface area is 237 Å². The molecule has 3 aromatic rings. The van der Waals surface area contributed by atoms with Crippen LogP contribution in [0.5, 0.6) is 17.2 Å². The zero-order valence-electron chi connectivity index (χ0n) is 23.1. The van der Waals surface area contributed by atoms with Crippen molar-refractivity contribution in [3.8, 4) is 17.2 Å². The lowest BCUT2D eigenvalue weighted by Gasteiger charge is -2.28. The molecule has 0 spiro atoms. The molecule has 2 amide bonds. The van der Waals surface area contributed by atoms with E-state index in [9.17, 15) is 9.18 Å². The van der Waals surface area contributed by atoms with Crippen LogP contribution < -0.4 is 29.7 Å². The van der Waals surface area contributed by atoms with E-state index in [-0.39, 0.29) is 11.8 Å². The third-order valence-corrected chi connectivity index (χ3v) is 6.72. The SMILES string of the molecule is COc1cc(Nc2nc(C3=CCN(C(=O)Nc4ccc(F)cc4)CC3)nc(N3CCOCC3)n2)cc(OC)c1OC. The second kappa shape index (κ2) is 12.7. The minimum Gasteiger partial charge on any atom is -0.493 e. The van der Waals surface area contributed by atoms with E-state index in [1.54, 1.807) is 38.4 Å². The van der Waals surface area contributed by atoms with Gasteiger partial charge in [0.2, 0.25) is 17.6 Å². The lowest BCUT2D eigenvalue weighted by atomic mass is 10.1. The van der Waals surface area contributed by atoms with Crippen molar-refractivity contribution < 1.29 is 28.1 Å². The van der Waals surface area contributed by atoms with Crippen molar-refractivity contribution in [2.45, 2.75) is 6.42 Å². The van der Waals surface area contributed by atoms with Crippen LogP contribution in [0.3, 0.4) is 0 Å². The Morgan fingerprint density at radius 1 is 0.927 bits per heavy atom. The third kappa shape index (κ3) is 6.57. The van der Waals surface area contributed by atoms with Gasteiger partial charge in [-0.25, -0.2) is 9.18 Å². The molecule has 0 unspecified atom stereocenters. The Hall–Kier alpha value is -4.65. The number of carbonyl (C=O) groups excluding carboxylic acids is 1. The molecule has 0 aliphatic carbocycles. The lowest BCUT2D eigenvalue weighted by molar-refractivity contribution is 0.122. The van der Waals surface area contributed by atoms with Crippen LogP contribution in [0.4, 0.5) is 32.5 Å². The minimum atomic E-state index is -0.360. The molecule has 2 aromatic carbocycles. The Bertz CT molecular complexity index is 1390. The van der Waals surface area contributed by atoms with Gasteiger partial charge in [-0.3, -0.25) is 0 Å². The number of ether oxygens (including phenoxy) is 4. The summed E-state index contributed by atoms with van der Waals surface area (Å²) in [6.07, 6.45) is 2.49. The van der Waals surface area contributed by atoms with Gasteiger partial charge in [-0.05, 0) is 36.3 Å². The normalized spacial score (nSPS) is 15.2. The highest BCUT2D eigenvalue weighted by atomic mass is 19.1. The number of hydrogen-bond acceptors (Lipinski definition) is 10. The van der Waals surface area contributed by atoms with Crippen LogP contribution in [-0.4, -0.2) is 86.6 Å². The molecule has 13 heteroatoms. The van der Waals surface area contributed by atoms with Gasteiger partial charge in [0.1, 0.15) is 5.82 Å². The van der Waals surface area contributed by atoms with Crippen molar-refractivity contribution in [3.05, 3.63) is 54.1 Å². The number of urea groups is 1. The molecule has 5 rings (SSSR count). The largest absolute Gasteiger partial charge is 0.493 e. The molecular weight excluding hydrogens is 533 g/mol. The van der Waals surface area contributed by atoms with Crippen molar-refractivity contribution in [2.75, 3.05) is 76.3 Å². The Balaban J connectivity index is 1.39. The number of anilines is 4. The molecule has 0 atom stereocenters. The Kier molecular flexibility index (Phi) is 8.63. The maximum Gasteiger partial charge on any atom is 0.322 e. The Morgan fingerprint density at radius 3 is 2.24 bits per heavy atom. The molecule has 1 aromatic heterocycles. The fourth-order valence-electron chi connectivity index (χ4n) is 4.54. The summed E-state index contributed by atoms with van der Waals surface area (Å²) in [5.74, 6) is 2.51. The topological polar surface area (TPSA) is 123 Å². The van der Waals surface area contributed by atoms with Crippen molar-refractivity contribution in [1.82, 2.24) is 19.9 Å². The van der Waals surface area contributed by atoms with Gasteiger partial charge in [-0.15, -0.1) is 0 Å². The molecule has 216 valence electrons. The predicted octanol–water partition coefficient (Wildman–Crippen LogP) is 3.94. The maximum atomic E-state index is 13.2. The predicted molar refractivity (Wildman–Crippen MR) is 152 cm³/mol. The van der Waals surface area contributed by atoms with Gasteiger partial charge >= 0.3 is 6.03 Å². The van der Waals surface area contributed by atoms with E-state index in [0.717, 1.165) is 5.57 Å². The monoisotopic (exact) mass is 565 g/mol. The first kappa shape index (κ1) is 27.9. The molecule has 1 fully saturated rings. The van der Waals surface area contributed by atoms with E-state index in [1.165, 1.54) is 24.3 Å². The van der Waals surface area contributed by atoms with Crippen LogP contribution in [0.2, 0.25) is 0 Å². The molecule has 2 N–H and O–H groups in total. The van der Waals surface area contributed by atoms with Gasteiger partial charge < -0.3 is 39.4 Å². The van der Waals surface area contributed by atoms with Crippen LogP contribution in [0.15, 0.2) is 42.5 Å². The number of halogens is 1. The fourth-order valence-corrected chi connectivity index (χ4v) is 4.54. The average Bonchev–Trinajstić information content (AvgIpc) is 3.02. The van der Waals surface area contributed by atoms with Gasteiger partial charge in [0.25, 0.3) is 0 Å². The Morgan fingerprint density at radius 2 is 1.63 bits per heavy atom. The van der Waals surface area contributed by atoms with Gasteiger partial charge in [-0.1, -0.05) is 6.08 Å². The molecule has 41 heavy (non-hydrogen) atoms. The molecule has 0 radical (unpaired) electrons. The number of amides is 2. The molecule has 3 heterocycles.